The summed E-state index contributed by atoms with van der Waals surface area (Å²) in [5, 5.41) is 5.79. The molecule has 1 aromatic heterocycles. The van der Waals surface area contributed by atoms with Gasteiger partial charge in [-0.25, -0.2) is 9.37 Å². The van der Waals surface area contributed by atoms with Crippen molar-refractivity contribution < 1.29 is 22.2 Å². The van der Waals surface area contributed by atoms with Crippen molar-refractivity contribution in [2.45, 2.75) is 30.7 Å². The molecule has 36 heavy (non-hydrogen) atoms. The molecule has 1 amide bonds. The van der Waals surface area contributed by atoms with Gasteiger partial charge in [-0.05, 0) is 66.4 Å². The van der Waals surface area contributed by atoms with E-state index >= 15 is 0 Å². The van der Waals surface area contributed by atoms with Crippen LogP contribution in [0.4, 0.5) is 15.2 Å². The van der Waals surface area contributed by atoms with Gasteiger partial charge in [-0.2, -0.15) is 0 Å². The fraction of sp³-hybridized carbons (Fsp3) is 0.360. The minimum Gasteiger partial charge on any atom is -0.768 e. The maximum absolute atomic E-state index is 13.1. The second-order valence-corrected chi connectivity index (χ2v) is 10.1. The standard InChI is InChI=1S/C12H17FN2.C10H11NO3S.C3H4N2S.3H2/c1-10(15-7-5-14-6-8-15)11-3-2-4-12(13)9-11;12-10-2-1-7-11(10)8-3-5-9(6-4-8)15(13)14;4-3-5-1-2-6-3;;;/h2-4,9-10,14H,5-8H2,1H3;3-6H,1-2,7H2,(H,13,14);1-2H,(H2,4,5);3*1H/p-1/t10-;;;;;/m0...../s1. The van der Waals surface area contributed by atoms with Crippen LogP contribution in [-0.4, -0.2) is 57.3 Å². The zero-order chi connectivity index (χ0) is 25.9. The molecule has 200 valence electrons. The van der Waals surface area contributed by atoms with Crippen molar-refractivity contribution in [3.05, 3.63) is 71.5 Å². The van der Waals surface area contributed by atoms with Gasteiger partial charge in [-0.3, -0.25) is 13.9 Å². The van der Waals surface area contributed by atoms with Gasteiger partial charge in [0.1, 0.15) is 5.82 Å². The first-order chi connectivity index (χ1) is 17.3. The van der Waals surface area contributed by atoms with Crippen LogP contribution in [0.3, 0.4) is 0 Å². The van der Waals surface area contributed by atoms with Gasteiger partial charge in [0.2, 0.25) is 5.91 Å². The van der Waals surface area contributed by atoms with Gasteiger partial charge in [0, 0.05) is 71.6 Å². The molecule has 2 saturated heterocycles. The molecule has 0 radical (unpaired) electrons. The van der Waals surface area contributed by atoms with Crippen LogP contribution in [0.15, 0.2) is 65.0 Å². The molecular weight excluding hydrogens is 501 g/mol. The number of amides is 1. The van der Waals surface area contributed by atoms with Crippen molar-refractivity contribution in [3.63, 3.8) is 0 Å². The Hall–Kier alpha value is -2.70. The highest BCUT2D eigenvalue weighted by Gasteiger charge is 2.21. The minimum atomic E-state index is -2.20. The summed E-state index contributed by atoms with van der Waals surface area (Å²) in [4.78, 5) is 19.4. The van der Waals surface area contributed by atoms with Crippen LogP contribution in [-0.2, 0) is 15.9 Å². The number of carbonyl (C=O) groups is 1. The third-order valence-electron chi connectivity index (χ3n) is 5.90. The molecule has 0 saturated carbocycles. The highest BCUT2D eigenvalue weighted by Crippen LogP contribution is 2.22. The largest absolute Gasteiger partial charge is 0.768 e. The second kappa shape index (κ2) is 14.1. The van der Waals surface area contributed by atoms with E-state index in [1.165, 1.54) is 29.5 Å². The number of aromatic nitrogens is 1. The number of rotatable bonds is 4. The lowest BCUT2D eigenvalue weighted by molar-refractivity contribution is -0.117. The second-order valence-electron chi connectivity index (χ2n) is 8.26. The molecule has 2 aromatic carbocycles. The quantitative estimate of drug-likeness (QED) is 0.476. The Morgan fingerprint density at radius 3 is 2.42 bits per heavy atom. The highest BCUT2D eigenvalue weighted by atomic mass is 32.2. The predicted octanol–water partition coefficient (Wildman–Crippen LogP) is 4.31. The van der Waals surface area contributed by atoms with Crippen LogP contribution < -0.4 is 16.0 Å². The summed E-state index contributed by atoms with van der Waals surface area (Å²) in [6.45, 7) is 6.99. The molecule has 2 atom stereocenters. The van der Waals surface area contributed by atoms with Crippen molar-refractivity contribution in [1.29, 1.82) is 0 Å². The average Bonchev–Trinajstić information content (AvgIpc) is 3.55. The Kier molecular flexibility index (Phi) is 11.0. The molecule has 3 heterocycles. The number of nitrogens with two attached hydrogens (primary N) is 1. The summed E-state index contributed by atoms with van der Waals surface area (Å²) >= 11 is -0.756. The SMILES string of the molecule is C[C@@H](c1cccc(F)c1)N1CCNCC1.Nc1nccs1.O=C1CCCN1c1ccc(S(=O)[O-])cc1.[HH].[HH].[HH]. The Balaban J connectivity index is 0.000000576. The number of benzene rings is 2. The van der Waals surface area contributed by atoms with Crippen LogP contribution in [0, 0.1) is 5.82 Å². The van der Waals surface area contributed by atoms with Crippen LogP contribution in [0.25, 0.3) is 0 Å². The number of hydrogen-bond donors (Lipinski definition) is 2. The minimum absolute atomic E-state index is 0. The van der Waals surface area contributed by atoms with Gasteiger partial charge in [0.05, 0.1) is 0 Å². The molecule has 11 heteroatoms. The maximum atomic E-state index is 13.1. The number of nitrogens with one attached hydrogen (secondary N) is 1. The van der Waals surface area contributed by atoms with E-state index in [1.807, 2.05) is 11.4 Å². The zero-order valence-electron chi connectivity index (χ0n) is 20.1. The molecule has 0 aliphatic carbocycles. The summed E-state index contributed by atoms with van der Waals surface area (Å²) in [7, 11) is 0. The number of anilines is 2. The number of thiazole rings is 1. The molecule has 3 aromatic rings. The number of carbonyl (C=O) groups excluding carboxylic acids is 1. The zero-order valence-corrected chi connectivity index (χ0v) is 21.8. The number of nitrogen functional groups attached to an aromatic ring is 1. The van der Waals surface area contributed by atoms with Gasteiger partial charge in [0.15, 0.2) is 5.13 Å². The third kappa shape index (κ3) is 8.45. The fourth-order valence-electron chi connectivity index (χ4n) is 3.94. The third-order valence-corrected chi connectivity index (χ3v) is 7.16. The van der Waals surface area contributed by atoms with E-state index in [9.17, 15) is 17.9 Å². The molecule has 5 rings (SSSR count). The van der Waals surface area contributed by atoms with Crippen molar-refractivity contribution in [2.24, 2.45) is 0 Å². The van der Waals surface area contributed by atoms with E-state index in [0.29, 0.717) is 17.6 Å². The predicted molar refractivity (Wildman–Crippen MR) is 147 cm³/mol. The lowest BCUT2D eigenvalue weighted by atomic mass is 10.1. The maximum Gasteiger partial charge on any atom is 0.227 e. The van der Waals surface area contributed by atoms with E-state index < -0.39 is 11.1 Å². The number of hydrogen-bond acceptors (Lipinski definition) is 8. The van der Waals surface area contributed by atoms with E-state index in [1.54, 1.807) is 35.4 Å². The van der Waals surface area contributed by atoms with Gasteiger partial charge in [-0.1, -0.05) is 12.1 Å². The van der Waals surface area contributed by atoms with Crippen molar-refractivity contribution in [1.82, 2.24) is 15.2 Å². The van der Waals surface area contributed by atoms with Crippen molar-refractivity contribution in [3.8, 4) is 0 Å². The Labute approximate surface area is 222 Å². The Bertz CT molecular complexity index is 1120. The molecule has 8 nitrogen and oxygen atoms in total. The van der Waals surface area contributed by atoms with Crippen molar-refractivity contribution >= 4 is 39.1 Å². The Morgan fingerprint density at radius 2 is 1.92 bits per heavy atom. The summed E-state index contributed by atoms with van der Waals surface area (Å²) in [5.41, 5.74) is 7.02. The number of nitrogens with zero attached hydrogens (tertiary/aromatic N) is 3. The first-order valence-electron chi connectivity index (χ1n) is 11.7. The summed E-state index contributed by atoms with van der Waals surface area (Å²) in [6, 6.07) is 13.5. The van der Waals surface area contributed by atoms with Crippen LogP contribution in [0.2, 0.25) is 0 Å². The van der Waals surface area contributed by atoms with Crippen LogP contribution in [0.5, 0.6) is 0 Å². The van der Waals surface area contributed by atoms with Crippen molar-refractivity contribution in [2.75, 3.05) is 43.4 Å². The normalized spacial score (nSPS) is 17.4. The lowest BCUT2D eigenvalue weighted by Gasteiger charge is -2.33. The summed E-state index contributed by atoms with van der Waals surface area (Å²) < 4.78 is 34.3. The first kappa shape index (κ1) is 27.9. The first-order valence-corrected chi connectivity index (χ1v) is 13.7. The van der Waals surface area contributed by atoms with Gasteiger partial charge >= 0.3 is 0 Å². The molecule has 0 bridgehead atoms. The molecular formula is C25H37FN5O3S2-. The monoisotopic (exact) mass is 538 g/mol. The fourth-order valence-corrected chi connectivity index (χ4v) is 4.68. The van der Waals surface area contributed by atoms with Gasteiger partial charge < -0.3 is 20.5 Å². The summed E-state index contributed by atoms with van der Waals surface area (Å²) in [5.74, 6) is -0.0412. The summed E-state index contributed by atoms with van der Waals surface area (Å²) in [6.07, 6.45) is 3.13. The highest BCUT2D eigenvalue weighted by molar-refractivity contribution is 7.79. The van der Waals surface area contributed by atoms with Crippen LogP contribution >= 0.6 is 11.3 Å². The molecule has 3 N–H and O–H groups in total. The number of piperazine rings is 1. The van der Waals surface area contributed by atoms with E-state index in [0.717, 1.165) is 50.4 Å². The smallest absolute Gasteiger partial charge is 0.227 e. The lowest BCUT2D eigenvalue weighted by Crippen LogP contribution is -2.44. The number of halogens is 1. The van der Waals surface area contributed by atoms with E-state index in [4.69, 9.17) is 5.73 Å². The topological polar surface area (TPSA) is 115 Å². The molecule has 1 unspecified atom stereocenters. The van der Waals surface area contributed by atoms with E-state index in [2.05, 4.69) is 22.1 Å². The van der Waals surface area contributed by atoms with E-state index in [-0.39, 0.29) is 20.9 Å². The van der Waals surface area contributed by atoms with Crippen LogP contribution in [0.1, 0.15) is 35.7 Å². The van der Waals surface area contributed by atoms with Gasteiger partial charge in [0.25, 0.3) is 0 Å². The Morgan fingerprint density at radius 1 is 1.19 bits per heavy atom. The van der Waals surface area contributed by atoms with Gasteiger partial charge in [-0.15, -0.1) is 11.3 Å². The molecule has 2 aliphatic heterocycles. The molecule has 0 spiro atoms. The molecule has 2 aliphatic rings. The average molecular weight is 539 g/mol. The molecule has 2 fully saturated rings.